The minimum Gasteiger partial charge on any atom is -0.350 e. The zero-order valence-electron chi connectivity index (χ0n) is 10.8. The minimum absolute atomic E-state index is 0.690. The molecule has 0 spiro atoms. The summed E-state index contributed by atoms with van der Waals surface area (Å²) in [6, 6.07) is 7.75. The maximum Gasteiger partial charge on any atom is 0.128 e. The molecule has 1 saturated heterocycles. The van der Waals surface area contributed by atoms with Gasteiger partial charge in [-0.3, -0.25) is 0 Å². The Morgan fingerprint density at radius 2 is 2.00 bits per heavy atom. The highest BCUT2D eigenvalue weighted by Gasteiger charge is 2.43. The molecule has 2 atom stereocenters. The van der Waals surface area contributed by atoms with Crippen LogP contribution in [0.1, 0.15) is 39.5 Å². The van der Waals surface area contributed by atoms with Crippen LogP contribution in [0.15, 0.2) is 24.4 Å². The highest BCUT2D eigenvalue weighted by atomic mass is 15.3. The van der Waals surface area contributed by atoms with Crippen LogP contribution in [0.25, 0.3) is 0 Å². The van der Waals surface area contributed by atoms with Gasteiger partial charge >= 0.3 is 0 Å². The molecule has 2 heterocycles. The van der Waals surface area contributed by atoms with Crippen LogP contribution < -0.4 is 4.90 Å². The largest absolute Gasteiger partial charge is 0.350 e. The van der Waals surface area contributed by atoms with Crippen LogP contribution in [0.3, 0.4) is 0 Å². The van der Waals surface area contributed by atoms with Crippen molar-refractivity contribution in [3.63, 3.8) is 0 Å². The number of anilines is 1. The van der Waals surface area contributed by atoms with Crippen LogP contribution in [0.4, 0.5) is 5.82 Å². The van der Waals surface area contributed by atoms with Gasteiger partial charge in [0.1, 0.15) is 5.82 Å². The molecule has 2 nitrogen and oxygen atoms in total. The van der Waals surface area contributed by atoms with Crippen molar-refractivity contribution in [1.82, 2.24) is 4.98 Å². The lowest BCUT2D eigenvalue weighted by molar-refractivity contribution is 0.471. The molecule has 0 radical (unpaired) electrons. The molecular formula is C15H22N2. The van der Waals surface area contributed by atoms with E-state index in [-0.39, 0.29) is 0 Å². The van der Waals surface area contributed by atoms with Crippen molar-refractivity contribution in [3.05, 3.63) is 24.4 Å². The number of hydrogen-bond donors (Lipinski definition) is 0. The lowest BCUT2D eigenvalue weighted by atomic mass is 10.0. The summed E-state index contributed by atoms with van der Waals surface area (Å²) in [6.45, 7) is 4.69. The number of rotatable bonds is 3. The zero-order chi connectivity index (χ0) is 11.8. The molecule has 1 aromatic heterocycles. The van der Waals surface area contributed by atoms with Gasteiger partial charge in [-0.05, 0) is 49.7 Å². The standard InChI is InChI=1S/C15H22N2/c1-11(2)13-8-9-14(12-6-7-12)17(13)15-5-3-4-10-16-15/h3-5,10-14H,6-9H2,1-2H3. The SMILES string of the molecule is CC(C)C1CCC(C2CC2)N1c1ccccn1. The normalized spacial score (nSPS) is 29.0. The van der Waals surface area contributed by atoms with Crippen molar-refractivity contribution in [3.8, 4) is 0 Å². The topological polar surface area (TPSA) is 16.1 Å². The average molecular weight is 230 g/mol. The fraction of sp³-hybridized carbons (Fsp3) is 0.667. The quantitative estimate of drug-likeness (QED) is 0.790. The second kappa shape index (κ2) is 4.32. The van der Waals surface area contributed by atoms with Crippen molar-refractivity contribution in [1.29, 1.82) is 0 Å². The minimum atomic E-state index is 0.690. The molecule has 2 heteroatoms. The number of aromatic nitrogens is 1. The van der Waals surface area contributed by atoms with E-state index in [1.807, 2.05) is 12.3 Å². The predicted octanol–water partition coefficient (Wildman–Crippen LogP) is 3.49. The third-order valence-corrected chi connectivity index (χ3v) is 4.32. The van der Waals surface area contributed by atoms with Crippen LogP contribution in [-0.4, -0.2) is 17.1 Å². The molecule has 0 amide bonds. The molecule has 17 heavy (non-hydrogen) atoms. The predicted molar refractivity (Wildman–Crippen MR) is 71.1 cm³/mol. The van der Waals surface area contributed by atoms with Gasteiger partial charge in [-0.1, -0.05) is 19.9 Å². The molecule has 2 aliphatic rings. The van der Waals surface area contributed by atoms with Crippen molar-refractivity contribution in [2.75, 3.05) is 4.90 Å². The Morgan fingerprint density at radius 3 is 2.59 bits per heavy atom. The van der Waals surface area contributed by atoms with E-state index in [4.69, 9.17) is 0 Å². The Kier molecular flexibility index (Phi) is 2.81. The van der Waals surface area contributed by atoms with Crippen LogP contribution in [0.5, 0.6) is 0 Å². The van der Waals surface area contributed by atoms with Crippen LogP contribution in [0, 0.1) is 11.8 Å². The van der Waals surface area contributed by atoms with Crippen LogP contribution >= 0.6 is 0 Å². The summed E-state index contributed by atoms with van der Waals surface area (Å²) >= 11 is 0. The molecule has 0 aromatic carbocycles. The average Bonchev–Trinajstić information content (AvgIpc) is 3.08. The van der Waals surface area contributed by atoms with Gasteiger partial charge in [-0.2, -0.15) is 0 Å². The van der Waals surface area contributed by atoms with E-state index in [9.17, 15) is 0 Å². The number of nitrogens with zero attached hydrogens (tertiary/aromatic N) is 2. The Balaban J connectivity index is 1.89. The van der Waals surface area contributed by atoms with Gasteiger partial charge in [-0.15, -0.1) is 0 Å². The summed E-state index contributed by atoms with van der Waals surface area (Å²) in [5.41, 5.74) is 0. The van der Waals surface area contributed by atoms with Crippen molar-refractivity contribution in [2.45, 2.75) is 51.6 Å². The molecule has 92 valence electrons. The van der Waals surface area contributed by atoms with Gasteiger partial charge in [0.2, 0.25) is 0 Å². The Morgan fingerprint density at radius 1 is 1.18 bits per heavy atom. The second-order valence-electron chi connectivity index (χ2n) is 5.89. The summed E-state index contributed by atoms with van der Waals surface area (Å²) in [4.78, 5) is 7.21. The van der Waals surface area contributed by atoms with Gasteiger partial charge in [-0.25, -0.2) is 4.98 Å². The summed E-state index contributed by atoms with van der Waals surface area (Å²) in [6.07, 6.45) is 7.49. The first-order valence-electron chi connectivity index (χ1n) is 6.96. The molecule has 1 saturated carbocycles. The molecular weight excluding hydrogens is 208 g/mol. The monoisotopic (exact) mass is 230 g/mol. The molecule has 3 rings (SSSR count). The zero-order valence-corrected chi connectivity index (χ0v) is 10.8. The van der Waals surface area contributed by atoms with Crippen molar-refractivity contribution < 1.29 is 0 Å². The third-order valence-electron chi connectivity index (χ3n) is 4.32. The lowest BCUT2D eigenvalue weighted by Gasteiger charge is -2.33. The fourth-order valence-electron chi connectivity index (χ4n) is 3.31. The number of pyridine rings is 1. The highest BCUT2D eigenvalue weighted by molar-refractivity contribution is 5.43. The van der Waals surface area contributed by atoms with Crippen molar-refractivity contribution in [2.24, 2.45) is 11.8 Å². The van der Waals surface area contributed by atoms with E-state index in [1.165, 1.54) is 31.5 Å². The summed E-state index contributed by atoms with van der Waals surface area (Å²) < 4.78 is 0. The Labute approximate surface area is 104 Å². The van der Waals surface area contributed by atoms with Gasteiger partial charge in [0.05, 0.1) is 0 Å². The van der Waals surface area contributed by atoms with Gasteiger partial charge < -0.3 is 4.90 Å². The van der Waals surface area contributed by atoms with E-state index < -0.39 is 0 Å². The van der Waals surface area contributed by atoms with Gasteiger partial charge in [0, 0.05) is 18.3 Å². The number of hydrogen-bond acceptors (Lipinski definition) is 2. The molecule has 1 aliphatic carbocycles. The van der Waals surface area contributed by atoms with Gasteiger partial charge in [0.15, 0.2) is 0 Å². The third kappa shape index (κ3) is 2.05. The van der Waals surface area contributed by atoms with Crippen molar-refractivity contribution >= 4 is 5.82 Å². The van der Waals surface area contributed by atoms with Gasteiger partial charge in [0.25, 0.3) is 0 Å². The summed E-state index contributed by atoms with van der Waals surface area (Å²) in [5.74, 6) is 2.86. The van der Waals surface area contributed by atoms with E-state index in [1.54, 1.807) is 0 Å². The van der Waals surface area contributed by atoms with Crippen LogP contribution in [-0.2, 0) is 0 Å². The molecule has 2 fully saturated rings. The first-order valence-corrected chi connectivity index (χ1v) is 6.96. The molecule has 1 aliphatic heterocycles. The lowest BCUT2D eigenvalue weighted by Crippen LogP contribution is -2.40. The Bertz CT molecular complexity index is 360. The molecule has 1 aromatic rings. The van der Waals surface area contributed by atoms with E-state index in [0.29, 0.717) is 6.04 Å². The summed E-state index contributed by atoms with van der Waals surface area (Å²) in [5, 5.41) is 0. The summed E-state index contributed by atoms with van der Waals surface area (Å²) in [7, 11) is 0. The highest BCUT2D eigenvalue weighted by Crippen LogP contribution is 2.44. The smallest absolute Gasteiger partial charge is 0.128 e. The molecule has 0 bridgehead atoms. The van der Waals surface area contributed by atoms with E-state index in [2.05, 4.69) is 35.9 Å². The van der Waals surface area contributed by atoms with E-state index >= 15 is 0 Å². The maximum atomic E-state index is 4.58. The van der Waals surface area contributed by atoms with E-state index in [0.717, 1.165) is 17.9 Å². The Hall–Kier alpha value is -1.05. The molecule has 0 N–H and O–H groups in total. The van der Waals surface area contributed by atoms with Crippen LogP contribution in [0.2, 0.25) is 0 Å². The first kappa shape index (κ1) is 11.1. The molecule has 2 unspecified atom stereocenters. The second-order valence-corrected chi connectivity index (χ2v) is 5.89. The first-order chi connectivity index (χ1) is 8.27. The maximum absolute atomic E-state index is 4.58. The fourth-order valence-corrected chi connectivity index (χ4v) is 3.31.